The van der Waals surface area contributed by atoms with E-state index in [1.807, 2.05) is 39.8 Å². The summed E-state index contributed by atoms with van der Waals surface area (Å²) in [5, 5.41) is 3.91. The fourth-order valence-corrected chi connectivity index (χ4v) is 4.08. The number of H-pyrrole nitrogens is 2. The maximum Gasteiger partial charge on any atom is 0.273 e. The molecule has 0 aromatic carbocycles. The summed E-state index contributed by atoms with van der Waals surface area (Å²) in [6.07, 6.45) is 8.01. The van der Waals surface area contributed by atoms with E-state index in [1.54, 1.807) is 0 Å². The summed E-state index contributed by atoms with van der Waals surface area (Å²) in [4.78, 5) is 39.1. The minimum Gasteiger partial charge on any atom is -0.355 e. The van der Waals surface area contributed by atoms with Crippen molar-refractivity contribution in [2.75, 3.05) is 0 Å². The molecule has 4 rings (SSSR count). The van der Waals surface area contributed by atoms with Gasteiger partial charge in [-0.15, -0.1) is 0 Å². The first-order valence-corrected chi connectivity index (χ1v) is 11.4. The molecule has 0 spiro atoms. The molecule has 2 N–H and O–H groups in total. The third kappa shape index (κ3) is 3.89. The molecule has 2 aromatic rings. The van der Waals surface area contributed by atoms with Gasteiger partial charge in [-0.1, -0.05) is 0 Å². The lowest BCUT2D eigenvalue weighted by Gasteiger charge is -1.94. The van der Waals surface area contributed by atoms with Gasteiger partial charge in [0.05, 0.1) is 11.4 Å². The maximum absolute atomic E-state index is 11.9. The van der Waals surface area contributed by atoms with E-state index in [0.29, 0.717) is 22.6 Å². The zero-order valence-corrected chi connectivity index (χ0v) is 21.0. The summed E-state index contributed by atoms with van der Waals surface area (Å²) >= 11 is 0. The average molecular weight is 455 g/mol. The van der Waals surface area contributed by atoms with Crippen LogP contribution >= 0.6 is 0 Å². The topological polar surface area (TPSA) is 90.4 Å². The molecule has 0 aliphatic carbocycles. The van der Waals surface area contributed by atoms with Crippen LogP contribution in [0, 0.1) is 27.7 Å². The maximum atomic E-state index is 11.9. The van der Waals surface area contributed by atoms with E-state index in [0.717, 1.165) is 54.8 Å². The first-order chi connectivity index (χ1) is 16.0. The Hall–Kier alpha value is -3.80. The Balaban J connectivity index is 1.78. The van der Waals surface area contributed by atoms with E-state index in [4.69, 9.17) is 0 Å². The van der Waals surface area contributed by atoms with Crippen LogP contribution in [0.15, 0.2) is 32.3 Å². The van der Waals surface area contributed by atoms with E-state index in [9.17, 15) is 9.59 Å². The smallest absolute Gasteiger partial charge is 0.273 e. The number of nitrogens with zero attached hydrogens (tertiary/aromatic N) is 2. The average Bonchev–Trinajstić information content (AvgIpc) is 3.41. The first kappa shape index (κ1) is 23.4. The van der Waals surface area contributed by atoms with Crippen LogP contribution in [-0.2, 0) is 9.59 Å². The van der Waals surface area contributed by atoms with Crippen LogP contribution in [0.5, 0.6) is 0 Å². The minimum atomic E-state index is -0.163. The Labute approximate surface area is 198 Å². The van der Waals surface area contributed by atoms with Gasteiger partial charge in [0, 0.05) is 32.5 Å². The number of rotatable bonds is 3. The lowest BCUT2D eigenvalue weighted by atomic mass is 10.1. The summed E-state index contributed by atoms with van der Waals surface area (Å²) in [6, 6.07) is 0. The van der Waals surface area contributed by atoms with Crippen molar-refractivity contribution in [3.63, 3.8) is 0 Å². The summed E-state index contributed by atoms with van der Waals surface area (Å²) in [6.45, 7) is 15.8. The lowest BCUT2D eigenvalue weighted by molar-refractivity contribution is -0.114. The molecule has 2 aliphatic rings. The van der Waals surface area contributed by atoms with Crippen LogP contribution in [0.25, 0.3) is 24.3 Å². The lowest BCUT2D eigenvalue weighted by Crippen LogP contribution is -2.15. The molecular formula is C28H30N4O2. The largest absolute Gasteiger partial charge is 0.355 e. The van der Waals surface area contributed by atoms with E-state index in [-0.39, 0.29) is 11.8 Å². The number of hydrogen-bond donors (Lipinski definition) is 2. The number of aromatic nitrogens is 2. The Morgan fingerprint density at radius 1 is 0.500 bits per heavy atom. The van der Waals surface area contributed by atoms with Gasteiger partial charge < -0.3 is 9.97 Å². The third-order valence-corrected chi connectivity index (χ3v) is 7.24. The van der Waals surface area contributed by atoms with Crippen LogP contribution in [0.1, 0.15) is 49.9 Å². The zero-order chi connectivity index (χ0) is 24.9. The standard InChI is InChI=1S/C28H30N4O2/c1-13-15(3)23(11-25-17(5)19(7)27(33)31-25)29-21(13)9-10-22-14(2)16(4)24(30-22)12-26-18(6)20(8)28(34)32-26/h9-12,29-30H,1-8H3/b21-9-,22-10-,23-11-,24-12-. The van der Waals surface area contributed by atoms with Crippen molar-refractivity contribution in [1.82, 2.24) is 9.97 Å². The van der Waals surface area contributed by atoms with Gasteiger partial charge in [0.2, 0.25) is 0 Å². The van der Waals surface area contributed by atoms with Crippen molar-refractivity contribution >= 4 is 47.5 Å². The Morgan fingerprint density at radius 3 is 1.12 bits per heavy atom. The number of carbonyl (C=O) groups excluding carboxylic acids is 2. The van der Waals surface area contributed by atoms with Crippen molar-refractivity contribution in [3.8, 4) is 0 Å². The van der Waals surface area contributed by atoms with E-state index >= 15 is 0 Å². The molecule has 2 amide bonds. The van der Waals surface area contributed by atoms with Crippen LogP contribution < -0.4 is 21.4 Å². The van der Waals surface area contributed by atoms with E-state index in [2.05, 4.69) is 59.8 Å². The van der Waals surface area contributed by atoms with Gasteiger partial charge >= 0.3 is 0 Å². The Kier molecular flexibility index (Phi) is 5.86. The number of hydrogen-bond acceptors (Lipinski definition) is 2. The highest BCUT2D eigenvalue weighted by Gasteiger charge is 2.19. The molecule has 0 fully saturated rings. The molecule has 4 heterocycles. The van der Waals surface area contributed by atoms with Gasteiger partial charge in [0.25, 0.3) is 11.8 Å². The number of carbonyl (C=O) groups is 2. The first-order valence-electron chi connectivity index (χ1n) is 11.4. The molecule has 0 bridgehead atoms. The fourth-order valence-electron chi connectivity index (χ4n) is 4.08. The van der Waals surface area contributed by atoms with Crippen molar-refractivity contribution in [2.24, 2.45) is 9.98 Å². The highest BCUT2D eigenvalue weighted by Crippen LogP contribution is 2.17. The number of nitrogens with one attached hydrogen (secondary N) is 2. The molecule has 0 saturated heterocycles. The second-order valence-corrected chi connectivity index (χ2v) is 9.13. The van der Waals surface area contributed by atoms with Crippen LogP contribution in [0.3, 0.4) is 0 Å². The molecule has 0 radical (unpaired) electrons. The Morgan fingerprint density at radius 2 is 0.824 bits per heavy atom. The zero-order valence-electron chi connectivity index (χ0n) is 21.0. The van der Waals surface area contributed by atoms with Crippen LogP contribution in [0.2, 0.25) is 0 Å². The normalized spacial score (nSPS) is 18.9. The van der Waals surface area contributed by atoms with Crippen LogP contribution in [0.4, 0.5) is 0 Å². The molecule has 34 heavy (non-hydrogen) atoms. The summed E-state index contributed by atoms with van der Waals surface area (Å²) < 4.78 is 0. The van der Waals surface area contributed by atoms with Crippen LogP contribution in [-0.4, -0.2) is 33.2 Å². The number of aromatic amines is 2. The fraction of sp³-hybridized carbons (Fsp3) is 0.286. The SMILES string of the molecule is CC1=C(C)C(/C=c2\[nH]/c(=C\C=c3/[nH]/c(=C\C4=NC(=O)C(C)=C4C)c(C)c3C)c(C)c2C)=NC1=O. The molecule has 6 nitrogen and oxygen atoms in total. The quantitative estimate of drug-likeness (QED) is 0.743. The number of amides is 2. The molecule has 0 unspecified atom stereocenters. The molecule has 174 valence electrons. The summed E-state index contributed by atoms with van der Waals surface area (Å²) in [5.74, 6) is -0.326. The van der Waals surface area contributed by atoms with Gasteiger partial charge in [-0.05, 0) is 113 Å². The van der Waals surface area contributed by atoms with Gasteiger partial charge in [-0.25, -0.2) is 9.98 Å². The molecule has 2 aromatic heterocycles. The third-order valence-electron chi connectivity index (χ3n) is 7.24. The number of aliphatic imine (C=N–C) groups is 2. The van der Waals surface area contributed by atoms with Crippen molar-refractivity contribution in [1.29, 1.82) is 0 Å². The molecular weight excluding hydrogens is 424 g/mol. The monoisotopic (exact) mass is 454 g/mol. The van der Waals surface area contributed by atoms with Crippen molar-refractivity contribution in [2.45, 2.75) is 55.4 Å². The number of allylic oxidation sites excluding steroid dienone is 2. The summed E-state index contributed by atoms with van der Waals surface area (Å²) in [5.41, 5.74) is 9.22. The predicted octanol–water partition coefficient (Wildman–Crippen LogP) is 2.03. The molecule has 2 aliphatic heterocycles. The van der Waals surface area contributed by atoms with Gasteiger partial charge in [0.1, 0.15) is 0 Å². The highest BCUT2D eigenvalue weighted by molar-refractivity contribution is 6.31. The molecule has 6 heteroatoms. The van der Waals surface area contributed by atoms with E-state index < -0.39 is 0 Å². The van der Waals surface area contributed by atoms with Gasteiger partial charge in [0.15, 0.2) is 0 Å². The van der Waals surface area contributed by atoms with Crippen molar-refractivity contribution in [3.05, 3.63) is 65.9 Å². The molecule has 0 saturated carbocycles. The van der Waals surface area contributed by atoms with Gasteiger partial charge in [-0.3, -0.25) is 9.59 Å². The highest BCUT2D eigenvalue weighted by atomic mass is 16.2. The summed E-state index contributed by atoms with van der Waals surface area (Å²) in [7, 11) is 0. The minimum absolute atomic E-state index is 0.163. The molecule has 0 atom stereocenters. The van der Waals surface area contributed by atoms with E-state index in [1.165, 1.54) is 0 Å². The second-order valence-electron chi connectivity index (χ2n) is 9.13. The second kappa shape index (κ2) is 8.52. The van der Waals surface area contributed by atoms with Crippen molar-refractivity contribution < 1.29 is 9.59 Å². The Bertz CT molecular complexity index is 1520. The predicted molar refractivity (Wildman–Crippen MR) is 139 cm³/mol. The van der Waals surface area contributed by atoms with Gasteiger partial charge in [-0.2, -0.15) is 0 Å².